The summed E-state index contributed by atoms with van der Waals surface area (Å²) < 4.78 is 3.65. The third-order valence-electron chi connectivity index (χ3n) is 10.2. The molecule has 0 amide bonds. The molecule has 3 heteroatoms. The molecule has 244 valence electrons. The van der Waals surface area contributed by atoms with Crippen molar-refractivity contribution in [1.82, 2.24) is 9.88 Å². The van der Waals surface area contributed by atoms with Gasteiger partial charge in [0.2, 0.25) is 0 Å². The zero-order valence-electron chi connectivity index (χ0n) is 28.7. The lowest BCUT2D eigenvalue weighted by atomic mass is 9.83. The monoisotopic (exact) mass is 664 g/mol. The van der Waals surface area contributed by atoms with Crippen molar-refractivity contribution < 1.29 is 0 Å². The van der Waals surface area contributed by atoms with Crippen LogP contribution in [0.1, 0.15) is 53.8 Å². The van der Waals surface area contributed by atoms with Gasteiger partial charge in [-0.15, -0.1) is 11.3 Å². The molecule has 2 aliphatic rings. The highest BCUT2D eigenvalue weighted by Crippen LogP contribution is 2.38. The Kier molecular flexibility index (Phi) is 8.59. The molecule has 2 aliphatic carbocycles. The van der Waals surface area contributed by atoms with Crippen molar-refractivity contribution in [2.45, 2.75) is 38.6 Å². The van der Waals surface area contributed by atoms with Gasteiger partial charge in [0.15, 0.2) is 0 Å². The number of allylic oxidation sites excluding steroid dienone is 7. The molecule has 0 spiro atoms. The molecule has 0 radical (unpaired) electrons. The van der Waals surface area contributed by atoms with Gasteiger partial charge >= 0.3 is 0 Å². The standard InChI is InChI=1S/C47H40N2S/c1-4-16-35(46-39(5-2)41-22-13-15-24-45(41)50-46)32-48-47(3,36-19-10-7-11-20-36)37-27-30-44-42(31-37)40-21-12-14-23-43(40)49(44)38-28-25-34(26-29-38)33-17-8-6-9-18-33/h4,7-8,10-12,14-21,23-31,48H,1,5-6,9,32H2,2-3H3/b35-16-. The molecule has 0 saturated carbocycles. The number of nitrogens with zero attached hydrogens (tertiary/aromatic N) is 1. The molecule has 1 N–H and O–H groups in total. The van der Waals surface area contributed by atoms with Gasteiger partial charge in [-0.3, -0.25) is 5.32 Å². The van der Waals surface area contributed by atoms with Crippen molar-refractivity contribution >= 4 is 56.1 Å². The molecule has 0 bridgehead atoms. The summed E-state index contributed by atoms with van der Waals surface area (Å²) in [6.45, 7) is 9.31. The van der Waals surface area contributed by atoms with Crippen molar-refractivity contribution in [3.8, 4) is 5.69 Å². The largest absolute Gasteiger partial charge is 0.309 e. The number of nitrogens with one attached hydrogen (secondary N) is 1. The number of para-hydroxylation sites is 1. The summed E-state index contributed by atoms with van der Waals surface area (Å²) in [4.78, 5) is 1.29. The van der Waals surface area contributed by atoms with Crippen LogP contribution in [0.25, 0.3) is 50.4 Å². The predicted octanol–water partition coefficient (Wildman–Crippen LogP) is 10.1. The van der Waals surface area contributed by atoms with E-state index in [4.69, 9.17) is 0 Å². The summed E-state index contributed by atoms with van der Waals surface area (Å²) in [6.07, 6.45) is 18.2. The first-order valence-corrected chi connectivity index (χ1v) is 18.4. The molecule has 50 heavy (non-hydrogen) atoms. The predicted molar refractivity (Wildman–Crippen MR) is 215 cm³/mol. The van der Waals surface area contributed by atoms with Gasteiger partial charge in [0.05, 0.1) is 16.6 Å². The van der Waals surface area contributed by atoms with E-state index < -0.39 is 5.54 Å². The van der Waals surface area contributed by atoms with Crippen molar-refractivity contribution in [3.63, 3.8) is 0 Å². The van der Waals surface area contributed by atoms with E-state index in [1.54, 1.807) is 0 Å². The lowest BCUT2D eigenvalue weighted by Gasteiger charge is -2.33. The molecule has 4 aromatic carbocycles. The first-order valence-electron chi connectivity index (χ1n) is 17.6. The van der Waals surface area contributed by atoms with E-state index >= 15 is 0 Å². The van der Waals surface area contributed by atoms with Gasteiger partial charge in [-0.1, -0.05) is 122 Å². The van der Waals surface area contributed by atoms with E-state index in [0.29, 0.717) is 6.54 Å². The Hall–Kier alpha value is -5.40. The van der Waals surface area contributed by atoms with Crippen molar-refractivity contribution in [1.29, 1.82) is 0 Å². The van der Waals surface area contributed by atoms with Crippen LogP contribution in [0.2, 0.25) is 0 Å². The maximum Gasteiger partial charge on any atom is 0.0664 e. The average Bonchev–Trinajstić information content (AvgIpc) is 3.72. The molecule has 2 aromatic heterocycles. The number of aromatic nitrogens is 1. The first kappa shape index (κ1) is 31.8. The molecular formula is C47H40N2S. The Morgan fingerprint density at radius 3 is 2.50 bits per heavy atom. The molecule has 2 nitrogen and oxygen atoms in total. The maximum atomic E-state index is 4.09. The molecule has 1 unspecified atom stereocenters. The maximum absolute atomic E-state index is 4.09. The van der Waals surface area contributed by atoms with E-state index in [1.807, 2.05) is 23.5 Å². The highest BCUT2D eigenvalue weighted by atomic mass is 32.1. The van der Waals surface area contributed by atoms with Gasteiger partial charge < -0.3 is 4.57 Å². The lowest BCUT2D eigenvalue weighted by molar-refractivity contribution is 0.467. The molecule has 0 saturated heterocycles. The van der Waals surface area contributed by atoms with Gasteiger partial charge in [0.1, 0.15) is 0 Å². The number of thiophene rings is 1. The smallest absolute Gasteiger partial charge is 0.0664 e. The molecule has 8 rings (SSSR count). The second-order valence-corrected chi connectivity index (χ2v) is 14.2. The Morgan fingerprint density at radius 1 is 0.920 bits per heavy atom. The fraction of sp³-hybridized carbons (Fsp3) is 0.149. The quantitative estimate of drug-likeness (QED) is 0.114. The topological polar surface area (TPSA) is 17.0 Å². The Balaban J connectivity index is 1.22. The molecule has 0 aliphatic heterocycles. The molecule has 6 aromatic rings. The van der Waals surface area contributed by atoms with Crippen molar-refractivity contribution in [2.24, 2.45) is 0 Å². The van der Waals surface area contributed by atoms with Crippen LogP contribution in [0.3, 0.4) is 0 Å². The fourth-order valence-corrected chi connectivity index (χ4v) is 8.80. The lowest BCUT2D eigenvalue weighted by Crippen LogP contribution is -2.41. The highest BCUT2D eigenvalue weighted by Gasteiger charge is 2.30. The number of benzene rings is 4. The highest BCUT2D eigenvalue weighted by molar-refractivity contribution is 7.11. The number of fused-ring (bicyclic) bond motifs is 4. The van der Waals surface area contributed by atoms with Crippen LogP contribution in [0.5, 0.6) is 0 Å². The summed E-state index contributed by atoms with van der Waals surface area (Å²) in [5, 5.41) is 7.72. The normalized spacial score (nSPS) is 15.0. The van der Waals surface area contributed by atoms with E-state index in [-0.39, 0.29) is 0 Å². The van der Waals surface area contributed by atoms with E-state index in [1.165, 1.54) is 75.5 Å². The van der Waals surface area contributed by atoms with Crippen LogP contribution in [0.15, 0.2) is 146 Å². The second kappa shape index (κ2) is 13.5. The zero-order chi connectivity index (χ0) is 34.1. The molecule has 2 heterocycles. The second-order valence-electron chi connectivity index (χ2n) is 13.1. The number of hydrogen-bond donors (Lipinski definition) is 1. The van der Waals surface area contributed by atoms with Crippen LogP contribution >= 0.6 is 11.3 Å². The Bertz CT molecular complexity index is 2560. The van der Waals surface area contributed by atoms with Crippen LogP contribution < -0.4 is 15.1 Å². The minimum atomic E-state index is -0.467. The van der Waals surface area contributed by atoms with Crippen molar-refractivity contribution in [2.75, 3.05) is 6.54 Å². The minimum absolute atomic E-state index is 0.467. The van der Waals surface area contributed by atoms with Crippen molar-refractivity contribution in [3.05, 3.63) is 183 Å². The zero-order valence-corrected chi connectivity index (χ0v) is 29.5. The van der Waals surface area contributed by atoms with Crippen LogP contribution in [-0.2, 0) is 12.0 Å². The van der Waals surface area contributed by atoms with E-state index in [2.05, 4.69) is 169 Å². The van der Waals surface area contributed by atoms with Crippen LogP contribution in [0.4, 0.5) is 0 Å². The fourth-order valence-electron chi connectivity index (χ4n) is 7.53. The molecule has 1 atom stereocenters. The summed E-state index contributed by atoms with van der Waals surface area (Å²) in [5.41, 5.74) is 17.2. The summed E-state index contributed by atoms with van der Waals surface area (Å²) in [6, 6.07) is 35.7. The van der Waals surface area contributed by atoms with E-state index in [0.717, 1.165) is 19.3 Å². The first-order chi connectivity index (χ1) is 24.6. The summed E-state index contributed by atoms with van der Waals surface area (Å²) in [7, 11) is 0. The number of hydrogen-bond acceptors (Lipinski definition) is 2. The Labute approximate surface area is 298 Å². The summed E-state index contributed by atoms with van der Waals surface area (Å²) in [5.74, 6) is 0. The SMILES string of the molecule is C=C/C=C(/CNC(C)(c1ccccc1)c1ccc2c(c1)c1ccccc1n2-c1ccc(C2=CCCC=C2)cc1)c1sc2c(c1CC)=C=C=CC=2. The van der Waals surface area contributed by atoms with Gasteiger partial charge in [0, 0.05) is 37.6 Å². The van der Waals surface area contributed by atoms with Gasteiger partial charge in [-0.2, -0.15) is 0 Å². The minimum Gasteiger partial charge on any atom is -0.309 e. The third-order valence-corrected chi connectivity index (χ3v) is 11.5. The van der Waals surface area contributed by atoms with Crippen LogP contribution in [-0.4, -0.2) is 11.1 Å². The molecule has 0 fully saturated rings. The van der Waals surface area contributed by atoms with Crippen LogP contribution in [0, 0.1) is 0 Å². The summed E-state index contributed by atoms with van der Waals surface area (Å²) >= 11 is 1.84. The third kappa shape index (κ3) is 5.61. The average molecular weight is 665 g/mol. The molecular weight excluding hydrogens is 625 g/mol. The number of rotatable bonds is 10. The van der Waals surface area contributed by atoms with Gasteiger partial charge in [-0.05, 0) is 102 Å². The Morgan fingerprint density at radius 2 is 1.72 bits per heavy atom. The van der Waals surface area contributed by atoms with E-state index in [9.17, 15) is 0 Å². The van der Waals surface area contributed by atoms with Gasteiger partial charge in [0.25, 0.3) is 0 Å². The van der Waals surface area contributed by atoms with Gasteiger partial charge in [-0.25, -0.2) is 0 Å².